The van der Waals surface area contributed by atoms with E-state index in [-0.39, 0.29) is 36.1 Å². The number of alkyl halides is 3. The lowest BCUT2D eigenvalue weighted by atomic mass is 10.1. The number of carbonyl (C=O) groups is 1. The zero-order valence-corrected chi connectivity index (χ0v) is 18.3. The second kappa shape index (κ2) is 12.3. The summed E-state index contributed by atoms with van der Waals surface area (Å²) in [4.78, 5) is 16.4. The maximum Gasteiger partial charge on any atom is 0.416 e. The van der Waals surface area contributed by atoms with Gasteiger partial charge in [0.25, 0.3) is 5.91 Å². The maximum atomic E-state index is 12.5. The molecule has 3 N–H and O–H groups in total. The second-order valence-electron chi connectivity index (χ2n) is 5.94. The first kappa shape index (κ1) is 24.8. The number of nitrogens with one attached hydrogen (secondary N) is 3. The second-order valence-corrected chi connectivity index (χ2v) is 5.94. The number of carbonyl (C=O) groups excluding carboxylic acids is 1. The Balaban J connectivity index is 0.00000420. The summed E-state index contributed by atoms with van der Waals surface area (Å²) in [7, 11) is 0. The quantitative estimate of drug-likeness (QED) is 0.216. The SMILES string of the molecule is CCNC(=NCCNC(=O)c1ccc(C(F)(F)F)cc1)NCCn1cccc1.I. The van der Waals surface area contributed by atoms with Crippen molar-refractivity contribution in [3.05, 3.63) is 59.9 Å². The summed E-state index contributed by atoms with van der Waals surface area (Å²) in [6.07, 6.45) is -0.466. The van der Waals surface area contributed by atoms with Crippen LogP contribution in [0.3, 0.4) is 0 Å². The molecule has 0 aliphatic carbocycles. The van der Waals surface area contributed by atoms with Gasteiger partial charge in [-0.1, -0.05) is 0 Å². The molecular weight excluding hydrogens is 498 g/mol. The molecular formula is C19H25F3IN5O. The zero-order chi connectivity index (χ0) is 20.4. The van der Waals surface area contributed by atoms with Gasteiger partial charge in [0.15, 0.2) is 5.96 Å². The molecule has 0 bridgehead atoms. The Labute approximate surface area is 185 Å². The molecule has 2 rings (SSSR count). The van der Waals surface area contributed by atoms with Gasteiger partial charge in [0.05, 0.1) is 12.1 Å². The number of aromatic nitrogens is 1. The number of guanidine groups is 1. The third-order valence-electron chi connectivity index (χ3n) is 3.81. The van der Waals surface area contributed by atoms with Crippen LogP contribution in [0.25, 0.3) is 0 Å². The molecule has 0 radical (unpaired) electrons. The zero-order valence-electron chi connectivity index (χ0n) is 16.0. The van der Waals surface area contributed by atoms with E-state index < -0.39 is 17.6 Å². The summed E-state index contributed by atoms with van der Waals surface area (Å²) in [6, 6.07) is 8.02. The fourth-order valence-electron chi connectivity index (χ4n) is 2.41. The minimum Gasteiger partial charge on any atom is -0.357 e. The summed E-state index contributed by atoms with van der Waals surface area (Å²) in [6.45, 7) is 4.75. The van der Waals surface area contributed by atoms with Crippen molar-refractivity contribution in [2.45, 2.75) is 19.6 Å². The molecule has 29 heavy (non-hydrogen) atoms. The minimum absolute atomic E-state index is 0. The highest BCUT2D eigenvalue weighted by atomic mass is 127. The average Bonchev–Trinajstić information content (AvgIpc) is 3.18. The lowest BCUT2D eigenvalue weighted by molar-refractivity contribution is -0.137. The molecule has 0 unspecified atom stereocenters. The van der Waals surface area contributed by atoms with Crippen molar-refractivity contribution in [1.29, 1.82) is 0 Å². The van der Waals surface area contributed by atoms with Crippen LogP contribution in [0.15, 0.2) is 53.8 Å². The standard InChI is InChI=1S/C19H24F3N5O.HI/c1-2-23-18(26-11-14-27-12-3-4-13-27)25-10-9-24-17(28)15-5-7-16(8-6-15)19(20,21)22;/h3-8,12-13H,2,9-11,14H2,1H3,(H,24,28)(H2,23,25,26);1H. The van der Waals surface area contributed by atoms with Crippen LogP contribution in [0.5, 0.6) is 0 Å². The first-order chi connectivity index (χ1) is 13.4. The fraction of sp³-hybridized carbons (Fsp3) is 0.368. The van der Waals surface area contributed by atoms with E-state index in [1.165, 1.54) is 0 Å². The van der Waals surface area contributed by atoms with Crippen molar-refractivity contribution >= 4 is 35.8 Å². The number of aliphatic imine (C=N–C) groups is 1. The van der Waals surface area contributed by atoms with E-state index >= 15 is 0 Å². The van der Waals surface area contributed by atoms with E-state index in [0.29, 0.717) is 25.6 Å². The van der Waals surface area contributed by atoms with E-state index in [0.717, 1.165) is 30.8 Å². The molecule has 0 fully saturated rings. The summed E-state index contributed by atoms with van der Waals surface area (Å²) in [5.41, 5.74) is -0.608. The Hall–Kier alpha value is -2.24. The predicted molar refractivity (Wildman–Crippen MR) is 118 cm³/mol. The minimum atomic E-state index is -4.42. The molecule has 1 heterocycles. The molecule has 0 saturated carbocycles. The number of amides is 1. The van der Waals surface area contributed by atoms with Gasteiger partial charge in [0.2, 0.25) is 0 Å². The van der Waals surface area contributed by atoms with Gasteiger partial charge in [-0.25, -0.2) is 0 Å². The first-order valence-electron chi connectivity index (χ1n) is 8.98. The van der Waals surface area contributed by atoms with Gasteiger partial charge >= 0.3 is 6.18 Å². The highest BCUT2D eigenvalue weighted by Gasteiger charge is 2.30. The normalized spacial score (nSPS) is 11.5. The van der Waals surface area contributed by atoms with Gasteiger partial charge in [-0.2, -0.15) is 13.2 Å². The summed E-state index contributed by atoms with van der Waals surface area (Å²) in [5, 5.41) is 8.96. The fourth-order valence-corrected chi connectivity index (χ4v) is 2.41. The van der Waals surface area contributed by atoms with Gasteiger partial charge in [-0.05, 0) is 43.3 Å². The molecule has 1 aromatic heterocycles. The van der Waals surface area contributed by atoms with Crippen LogP contribution in [0.1, 0.15) is 22.8 Å². The number of halogens is 4. The van der Waals surface area contributed by atoms with E-state index in [4.69, 9.17) is 0 Å². The van der Waals surface area contributed by atoms with Crippen LogP contribution in [-0.2, 0) is 12.7 Å². The molecule has 1 aromatic carbocycles. The number of rotatable bonds is 8. The molecule has 160 valence electrons. The van der Waals surface area contributed by atoms with Crippen molar-refractivity contribution in [2.75, 3.05) is 26.2 Å². The third-order valence-corrected chi connectivity index (χ3v) is 3.81. The largest absolute Gasteiger partial charge is 0.416 e. The summed E-state index contributed by atoms with van der Waals surface area (Å²) >= 11 is 0. The lowest BCUT2D eigenvalue weighted by Gasteiger charge is -2.12. The Kier molecular flexibility index (Phi) is 10.6. The molecule has 0 spiro atoms. The molecule has 0 atom stereocenters. The summed E-state index contributed by atoms with van der Waals surface area (Å²) in [5.74, 6) is 0.202. The molecule has 6 nitrogen and oxygen atoms in total. The maximum absolute atomic E-state index is 12.5. The van der Waals surface area contributed by atoms with E-state index in [1.54, 1.807) is 0 Å². The molecule has 0 aliphatic rings. The molecule has 10 heteroatoms. The van der Waals surface area contributed by atoms with Crippen LogP contribution < -0.4 is 16.0 Å². The molecule has 1 amide bonds. The van der Waals surface area contributed by atoms with E-state index in [1.807, 2.05) is 36.0 Å². The summed E-state index contributed by atoms with van der Waals surface area (Å²) < 4.78 is 39.7. The third kappa shape index (κ3) is 8.75. The molecule has 2 aromatic rings. The number of hydrogen-bond acceptors (Lipinski definition) is 2. The van der Waals surface area contributed by atoms with Gasteiger partial charge < -0.3 is 20.5 Å². The van der Waals surface area contributed by atoms with Crippen LogP contribution in [0.4, 0.5) is 13.2 Å². The Morgan fingerprint density at radius 1 is 1.03 bits per heavy atom. The lowest BCUT2D eigenvalue weighted by Crippen LogP contribution is -2.39. The van der Waals surface area contributed by atoms with Crippen LogP contribution in [0.2, 0.25) is 0 Å². The Bertz CT molecular complexity index is 761. The monoisotopic (exact) mass is 523 g/mol. The smallest absolute Gasteiger partial charge is 0.357 e. The van der Waals surface area contributed by atoms with Crippen molar-refractivity contribution in [3.63, 3.8) is 0 Å². The van der Waals surface area contributed by atoms with Crippen molar-refractivity contribution in [2.24, 2.45) is 4.99 Å². The van der Waals surface area contributed by atoms with Crippen molar-refractivity contribution in [1.82, 2.24) is 20.5 Å². The van der Waals surface area contributed by atoms with Crippen molar-refractivity contribution < 1.29 is 18.0 Å². The van der Waals surface area contributed by atoms with Gasteiger partial charge in [0.1, 0.15) is 0 Å². The van der Waals surface area contributed by atoms with Gasteiger partial charge in [0, 0.05) is 44.1 Å². The van der Waals surface area contributed by atoms with Gasteiger partial charge in [-0.3, -0.25) is 9.79 Å². The molecule has 0 saturated heterocycles. The number of benzene rings is 1. The first-order valence-corrected chi connectivity index (χ1v) is 8.98. The molecule has 0 aliphatic heterocycles. The number of nitrogens with zero attached hydrogens (tertiary/aromatic N) is 2. The van der Waals surface area contributed by atoms with Crippen LogP contribution in [0, 0.1) is 0 Å². The van der Waals surface area contributed by atoms with E-state index in [9.17, 15) is 18.0 Å². The van der Waals surface area contributed by atoms with Gasteiger partial charge in [-0.15, -0.1) is 24.0 Å². The van der Waals surface area contributed by atoms with Crippen molar-refractivity contribution in [3.8, 4) is 0 Å². The average molecular weight is 523 g/mol. The Morgan fingerprint density at radius 2 is 1.69 bits per heavy atom. The highest BCUT2D eigenvalue weighted by Crippen LogP contribution is 2.28. The topological polar surface area (TPSA) is 70.4 Å². The van der Waals surface area contributed by atoms with Crippen LogP contribution >= 0.6 is 24.0 Å². The highest BCUT2D eigenvalue weighted by molar-refractivity contribution is 14.0. The van der Waals surface area contributed by atoms with Crippen LogP contribution in [-0.4, -0.2) is 42.6 Å². The Morgan fingerprint density at radius 3 is 2.28 bits per heavy atom. The number of hydrogen-bond donors (Lipinski definition) is 3. The predicted octanol–water partition coefficient (Wildman–Crippen LogP) is 3.11. The van der Waals surface area contributed by atoms with E-state index in [2.05, 4.69) is 20.9 Å².